The molecule has 2 fully saturated rings. The van der Waals surface area contributed by atoms with Crippen LogP contribution in [0.5, 0.6) is 0 Å². The Labute approximate surface area is 138 Å². The smallest absolute Gasteiger partial charge is 0.0678 e. The second-order valence-corrected chi connectivity index (χ2v) is 6.89. The largest absolute Gasteiger partial charge is 0.300 e. The summed E-state index contributed by atoms with van der Waals surface area (Å²) in [4.78, 5) is 2.70. The van der Waals surface area contributed by atoms with E-state index in [2.05, 4.69) is 46.4 Å². The Morgan fingerprint density at radius 2 is 1.78 bits per heavy atom. The zero-order chi connectivity index (χ0) is 15.6. The van der Waals surface area contributed by atoms with Gasteiger partial charge in [0.15, 0.2) is 0 Å². The van der Waals surface area contributed by atoms with Crippen LogP contribution in [0.1, 0.15) is 37.7 Å². The van der Waals surface area contributed by atoms with Crippen molar-refractivity contribution in [2.75, 3.05) is 13.1 Å². The molecule has 1 saturated carbocycles. The Balaban J connectivity index is 1.42. The maximum Gasteiger partial charge on any atom is 0.0678 e. The molecule has 2 heterocycles. The molecule has 0 N–H and O–H groups in total. The van der Waals surface area contributed by atoms with Gasteiger partial charge in [-0.25, -0.2) is 0 Å². The minimum absolute atomic E-state index is 0.898. The number of likely N-dealkylation sites (tertiary alicyclic amines) is 1. The highest BCUT2D eigenvalue weighted by Crippen LogP contribution is 2.29. The third kappa shape index (κ3) is 3.11. The molecule has 0 bridgehead atoms. The number of rotatable bonds is 3. The van der Waals surface area contributed by atoms with Gasteiger partial charge in [-0.15, -0.1) is 0 Å². The van der Waals surface area contributed by atoms with Crippen LogP contribution in [0, 0.1) is 0 Å². The fourth-order valence-corrected chi connectivity index (χ4v) is 3.72. The normalized spacial score (nSPS) is 19.6. The van der Waals surface area contributed by atoms with Gasteiger partial charge < -0.3 is 0 Å². The van der Waals surface area contributed by atoms with E-state index in [1.54, 1.807) is 5.57 Å². The molecule has 1 aromatic heterocycles. The van der Waals surface area contributed by atoms with Gasteiger partial charge in [-0.3, -0.25) is 9.58 Å². The molecule has 1 aliphatic carbocycles. The van der Waals surface area contributed by atoms with Crippen molar-refractivity contribution in [3.63, 3.8) is 0 Å². The predicted octanol–water partition coefficient (Wildman–Crippen LogP) is 4.12. The molecule has 0 atom stereocenters. The third-order valence-corrected chi connectivity index (χ3v) is 5.43. The van der Waals surface area contributed by atoms with Crippen molar-refractivity contribution in [1.82, 2.24) is 14.7 Å². The second-order valence-electron chi connectivity index (χ2n) is 6.89. The number of aromatic nitrogens is 2. The van der Waals surface area contributed by atoms with Gasteiger partial charge in [0.05, 0.1) is 5.69 Å². The van der Waals surface area contributed by atoms with E-state index in [-0.39, 0.29) is 0 Å². The number of hydrogen-bond donors (Lipinski definition) is 0. The molecular formula is C20H25N3. The van der Waals surface area contributed by atoms with E-state index < -0.39 is 0 Å². The molecule has 0 unspecified atom stereocenters. The third-order valence-electron chi connectivity index (χ3n) is 5.43. The predicted molar refractivity (Wildman–Crippen MR) is 95.1 cm³/mol. The summed E-state index contributed by atoms with van der Waals surface area (Å²) in [5.41, 5.74) is 5.32. The second kappa shape index (κ2) is 6.32. The molecule has 1 aromatic carbocycles. The van der Waals surface area contributed by atoms with Crippen molar-refractivity contribution in [3.8, 4) is 11.3 Å². The van der Waals surface area contributed by atoms with Crippen LogP contribution < -0.4 is 0 Å². The van der Waals surface area contributed by atoms with Crippen LogP contribution in [0.2, 0.25) is 0 Å². The molecule has 120 valence electrons. The van der Waals surface area contributed by atoms with Crippen LogP contribution in [0.15, 0.2) is 42.1 Å². The molecule has 23 heavy (non-hydrogen) atoms. The molecule has 0 amide bonds. The molecule has 3 nitrogen and oxygen atoms in total. The van der Waals surface area contributed by atoms with Crippen molar-refractivity contribution in [2.45, 2.75) is 38.1 Å². The molecule has 1 aliphatic heterocycles. The molecule has 1 saturated heterocycles. The maximum absolute atomic E-state index is 4.24. The summed E-state index contributed by atoms with van der Waals surface area (Å²) in [6, 6.07) is 11.8. The van der Waals surface area contributed by atoms with E-state index >= 15 is 0 Å². The van der Waals surface area contributed by atoms with Crippen molar-refractivity contribution in [2.24, 2.45) is 7.05 Å². The van der Waals surface area contributed by atoms with Gasteiger partial charge in [-0.2, -0.15) is 5.10 Å². The quantitative estimate of drug-likeness (QED) is 0.850. The highest BCUT2D eigenvalue weighted by molar-refractivity contribution is 5.63. The molecule has 2 aromatic rings. The molecule has 2 aliphatic rings. The summed E-state index contributed by atoms with van der Waals surface area (Å²) in [5, 5.41) is 4.24. The maximum atomic E-state index is 4.24. The van der Waals surface area contributed by atoms with E-state index in [0.717, 1.165) is 11.7 Å². The fourth-order valence-electron chi connectivity index (χ4n) is 3.72. The Morgan fingerprint density at radius 3 is 2.35 bits per heavy atom. The SMILES string of the molecule is Cn1nccc1-c1ccc(C=C2CCN(C3CCC3)CC2)cc1. The van der Waals surface area contributed by atoms with E-state index in [9.17, 15) is 0 Å². The van der Waals surface area contributed by atoms with Crippen LogP contribution in [0.4, 0.5) is 0 Å². The lowest BCUT2D eigenvalue weighted by atomic mass is 9.89. The van der Waals surface area contributed by atoms with Crippen molar-refractivity contribution >= 4 is 6.08 Å². The number of benzene rings is 1. The summed E-state index contributed by atoms with van der Waals surface area (Å²) < 4.78 is 1.92. The van der Waals surface area contributed by atoms with E-state index in [4.69, 9.17) is 0 Å². The number of piperidine rings is 1. The van der Waals surface area contributed by atoms with Gasteiger partial charge in [-0.1, -0.05) is 42.3 Å². The minimum atomic E-state index is 0.898. The molecule has 0 spiro atoms. The zero-order valence-electron chi connectivity index (χ0n) is 13.9. The van der Waals surface area contributed by atoms with Crippen molar-refractivity contribution in [3.05, 3.63) is 47.7 Å². The first-order chi connectivity index (χ1) is 11.3. The summed E-state index contributed by atoms with van der Waals surface area (Å²) in [6.45, 7) is 2.51. The van der Waals surface area contributed by atoms with Crippen LogP contribution in [-0.4, -0.2) is 33.8 Å². The number of aryl methyl sites for hydroxylation is 1. The van der Waals surface area contributed by atoms with Crippen molar-refractivity contribution < 1.29 is 0 Å². The van der Waals surface area contributed by atoms with Gasteiger partial charge in [0.2, 0.25) is 0 Å². The Morgan fingerprint density at radius 1 is 1.04 bits per heavy atom. The van der Waals surface area contributed by atoms with Crippen LogP contribution in [-0.2, 0) is 7.05 Å². The first-order valence-electron chi connectivity index (χ1n) is 8.81. The van der Waals surface area contributed by atoms with E-state index in [0.29, 0.717) is 0 Å². The Bertz CT molecular complexity index is 682. The van der Waals surface area contributed by atoms with Gasteiger partial charge in [0.1, 0.15) is 0 Å². The van der Waals surface area contributed by atoms with Gasteiger partial charge in [0, 0.05) is 32.4 Å². The standard InChI is InChI=1S/C20H25N3/c1-22-20(9-12-21-22)18-7-5-16(6-8-18)15-17-10-13-23(14-11-17)19-3-2-4-19/h5-9,12,15,19H,2-4,10-11,13-14H2,1H3. The monoisotopic (exact) mass is 307 g/mol. The first kappa shape index (κ1) is 14.7. The van der Waals surface area contributed by atoms with Crippen molar-refractivity contribution in [1.29, 1.82) is 0 Å². The Kier molecular flexibility index (Phi) is 4.04. The summed E-state index contributed by atoms with van der Waals surface area (Å²) in [7, 11) is 1.99. The highest BCUT2D eigenvalue weighted by Gasteiger charge is 2.26. The fraction of sp³-hybridized carbons (Fsp3) is 0.450. The van der Waals surface area contributed by atoms with E-state index in [1.165, 1.54) is 56.3 Å². The summed E-state index contributed by atoms with van der Waals surface area (Å²) in [5.74, 6) is 0. The Hall–Kier alpha value is -1.87. The lowest BCUT2D eigenvalue weighted by Crippen LogP contribution is -2.43. The number of nitrogens with zero attached hydrogens (tertiary/aromatic N) is 3. The van der Waals surface area contributed by atoms with Gasteiger partial charge in [0.25, 0.3) is 0 Å². The molecular weight excluding hydrogens is 282 g/mol. The average molecular weight is 307 g/mol. The summed E-state index contributed by atoms with van der Waals surface area (Å²) >= 11 is 0. The number of hydrogen-bond acceptors (Lipinski definition) is 2. The van der Waals surface area contributed by atoms with Crippen LogP contribution in [0.3, 0.4) is 0 Å². The first-order valence-corrected chi connectivity index (χ1v) is 8.81. The molecule has 3 heteroatoms. The zero-order valence-corrected chi connectivity index (χ0v) is 13.9. The lowest BCUT2D eigenvalue weighted by molar-refractivity contribution is 0.118. The topological polar surface area (TPSA) is 21.1 Å². The van der Waals surface area contributed by atoms with E-state index in [1.807, 2.05) is 17.9 Å². The highest BCUT2D eigenvalue weighted by atomic mass is 15.3. The van der Waals surface area contributed by atoms with Crippen LogP contribution in [0.25, 0.3) is 17.3 Å². The van der Waals surface area contributed by atoms with Crippen LogP contribution >= 0.6 is 0 Å². The molecule has 4 rings (SSSR count). The van der Waals surface area contributed by atoms with Gasteiger partial charge in [-0.05, 0) is 42.9 Å². The molecule has 0 radical (unpaired) electrons. The lowest BCUT2D eigenvalue weighted by Gasteiger charge is -2.40. The summed E-state index contributed by atoms with van der Waals surface area (Å²) in [6.07, 6.45) is 11.0. The van der Waals surface area contributed by atoms with Gasteiger partial charge >= 0.3 is 0 Å². The average Bonchev–Trinajstić information content (AvgIpc) is 2.94. The minimum Gasteiger partial charge on any atom is -0.300 e.